The van der Waals surface area contributed by atoms with Crippen molar-refractivity contribution >= 4 is 32.9 Å². The van der Waals surface area contributed by atoms with Gasteiger partial charge in [0.25, 0.3) is 0 Å². The Labute approximate surface area is 124 Å². The molecule has 1 aliphatic carbocycles. The minimum atomic E-state index is 0.621. The van der Waals surface area contributed by atoms with Gasteiger partial charge in [-0.1, -0.05) is 13.3 Å². The van der Waals surface area contributed by atoms with Crippen LogP contribution in [0.5, 0.6) is 0 Å². The summed E-state index contributed by atoms with van der Waals surface area (Å²) in [4.78, 5) is 6.77. The highest BCUT2D eigenvalue weighted by molar-refractivity contribution is 7.16. The lowest BCUT2D eigenvalue weighted by molar-refractivity contribution is 0.313. The third kappa shape index (κ3) is 2.37. The zero-order valence-electron chi connectivity index (χ0n) is 12.3. The van der Waals surface area contributed by atoms with Gasteiger partial charge >= 0.3 is 0 Å². The van der Waals surface area contributed by atoms with Gasteiger partial charge in [-0.05, 0) is 43.7 Å². The Morgan fingerprint density at radius 3 is 2.75 bits per heavy atom. The van der Waals surface area contributed by atoms with E-state index in [9.17, 15) is 0 Å². The van der Waals surface area contributed by atoms with Gasteiger partial charge in [0, 0.05) is 13.1 Å². The highest BCUT2D eigenvalue weighted by Crippen LogP contribution is 2.36. The maximum atomic E-state index is 6.33. The van der Waals surface area contributed by atoms with Crippen molar-refractivity contribution in [2.45, 2.75) is 45.1 Å². The van der Waals surface area contributed by atoms with Crippen molar-refractivity contribution in [2.75, 3.05) is 17.7 Å². The fourth-order valence-electron chi connectivity index (χ4n) is 3.39. The summed E-state index contributed by atoms with van der Waals surface area (Å²) in [5.41, 5.74) is 11.1. The molecule has 0 bridgehead atoms. The molecule has 0 spiro atoms. The van der Waals surface area contributed by atoms with Crippen LogP contribution in [0.4, 0.5) is 11.4 Å². The molecule has 3 rings (SSSR count). The second-order valence-electron chi connectivity index (χ2n) is 5.89. The van der Waals surface area contributed by atoms with Crippen molar-refractivity contribution in [3.63, 3.8) is 0 Å². The van der Waals surface area contributed by atoms with Crippen LogP contribution in [0.2, 0.25) is 0 Å². The first kappa shape index (κ1) is 13.7. The lowest BCUT2D eigenvalue weighted by Crippen LogP contribution is -2.35. The Kier molecular flexibility index (Phi) is 3.83. The van der Waals surface area contributed by atoms with E-state index >= 15 is 0 Å². The summed E-state index contributed by atoms with van der Waals surface area (Å²) in [6, 6.07) is 4.92. The molecule has 1 heterocycles. The standard InChI is InChI=1S/C16H23N3S/c1-3-11-4-6-12(7-5-11)19(2)13-8-9-14-16(15(13)17)18-10-20-14/h8-12H,3-7,17H2,1-2H3. The van der Waals surface area contributed by atoms with Crippen LogP contribution in [0.3, 0.4) is 0 Å². The van der Waals surface area contributed by atoms with E-state index in [4.69, 9.17) is 5.73 Å². The van der Waals surface area contributed by atoms with Gasteiger partial charge in [-0.25, -0.2) is 4.98 Å². The van der Waals surface area contributed by atoms with Crippen molar-refractivity contribution in [3.8, 4) is 0 Å². The molecule has 1 aromatic carbocycles. The lowest BCUT2D eigenvalue weighted by atomic mass is 9.84. The summed E-state index contributed by atoms with van der Waals surface area (Å²) in [5, 5.41) is 0. The number of nitrogens with two attached hydrogens (primary N) is 1. The van der Waals surface area contributed by atoms with Gasteiger partial charge in [-0.15, -0.1) is 11.3 Å². The maximum Gasteiger partial charge on any atom is 0.106 e. The summed E-state index contributed by atoms with van der Waals surface area (Å²) in [7, 11) is 2.18. The van der Waals surface area contributed by atoms with Crippen molar-refractivity contribution in [3.05, 3.63) is 17.6 Å². The normalized spacial score (nSPS) is 23.1. The smallest absolute Gasteiger partial charge is 0.106 e. The Balaban J connectivity index is 1.82. The van der Waals surface area contributed by atoms with Crippen LogP contribution >= 0.6 is 11.3 Å². The number of anilines is 2. The first-order valence-electron chi connectivity index (χ1n) is 7.55. The zero-order valence-corrected chi connectivity index (χ0v) is 13.1. The van der Waals surface area contributed by atoms with Gasteiger partial charge in [0.2, 0.25) is 0 Å². The Hall–Kier alpha value is -1.29. The summed E-state index contributed by atoms with van der Waals surface area (Å²) < 4.78 is 1.18. The number of hydrogen-bond donors (Lipinski definition) is 1. The first-order chi connectivity index (χ1) is 9.70. The van der Waals surface area contributed by atoms with Gasteiger partial charge in [0.1, 0.15) is 5.52 Å². The number of fused-ring (bicyclic) bond motifs is 1. The van der Waals surface area contributed by atoms with E-state index < -0.39 is 0 Å². The molecular weight excluding hydrogens is 266 g/mol. The van der Waals surface area contributed by atoms with Crippen LogP contribution in [0.1, 0.15) is 39.0 Å². The van der Waals surface area contributed by atoms with Crippen molar-refractivity contribution in [1.82, 2.24) is 4.98 Å². The Bertz CT molecular complexity index is 584. The summed E-state index contributed by atoms with van der Waals surface area (Å²) >= 11 is 1.65. The zero-order chi connectivity index (χ0) is 14.1. The number of benzene rings is 1. The SMILES string of the molecule is CCC1CCC(N(C)c2ccc3scnc3c2N)CC1. The van der Waals surface area contributed by atoms with E-state index in [1.54, 1.807) is 11.3 Å². The predicted molar refractivity (Wildman–Crippen MR) is 88.5 cm³/mol. The van der Waals surface area contributed by atoms with Crippen molar-refractivity contribution in [1.29, 1.82) is 0 Å². The number of aromatic nitrogens is 1. The molecule has 1 aromatic heterocycles. The van der Waals surface area contributed by atoms with Crippen LogP contribution in [-0.2, 0) is 0 Å². The average Bonchev–Trinajstić information content (AvgIpc) is 2.96. The van der Waals surface area contributed by atoms with Crippen molar-refractivity contribution < 1.29 is 0 Å². The topological polar surface area (TPSA) is 42.2 Å². The maximum absolute atomic E-state index is 6.33. The molecule has 0 unspecified atom stereocenters. The van der Waals surface area contributed by atoms with E-state index in [2.05, 4.69) is 36.0 Å². The van der Waals surface area contributed by atoms with E-state index in [-0.39, 0.29) is 0 Å². The van der Waals surface area contributed by atoms with E-state index in [1.165, 1.54) is 36.8 Å². The molecular formula is C16H23N3S. The number of nitrogens with zero attached hydrogens (tertiary/aromatic N) is 2. The molecule has 2 N–H and O–H groups in total. The van der Waals surface area contributed by atoms with Crippen LogP contribution in [0.25, 0.3) is 10.2 Å². The fraction of sp³-hybridized carbons (Fsp3) is 0.562. The monoisotopic (exact) mass is 289 g/mol. The molecule has 20 heavy (non-hydrogen) atoms. The molecule has 1 aliphatic rings. The third-order valence-corrected chi connectivity index (χ3v) is 5.63. The molecule has 0 aliphatic heterocycles. The molecule has 0 amide bonds. The van der Waals surface area contributed by atoms with E-state index in [0.29, 0.717) is 6.04 Å². The van der Waals surface area contributed by atoms with Crippen LogP contribution in [-0.4, -0.2) is 18.1 Å². The molecule has 4 heteroatoms. The minimum Gasteiger partial charge on any atom is -0.395 e. The highest BCUT2D eigenvalue weighted by atomic mass is 32.1. The molecule has 0 radical (unpaired) electrons. The largest absolute Gasteiger partial charge is 0.395 e. The van der Waals surface area contributed by atoms with Crippen LogP contribution in [0.15, 0.2) is 17.6 Å². The minimum absolute atomic E-state index is 0.621. The summed E-state index contributed by atoms with van der Waals surface area (Å²) in [6.45, 7) is 2.31. The van der Waals surface area contributed by atoms with Gasteiger partial charge in [0.15, 0.2) is 0 Å². The molecule has 108 valence electrons. The van der Waals surface area contributed by atoms with E-state index in [0.717, 1.165) is 22.8 Å². The van der Waals surface area contributed by atoms with Gasteiger partial charge in [-0.3, -0.25) is 0 Å². The van der Waals surface area contributed by atoms with Gasteiger partial charge in [-0.2, -0.15) is 0 Å². The summed E-state index contributed by atoms with van der Waals surface area (Å²) in [6.07, 6.45) is 6.59. The third-order valence-electron chi connectivity index (χ3n) is 4.84. The quantitative estimate of drug-likeness (QED) is 0.857. The molecule has 1 saturated carbocycles. The number of thiazole rings is 1. The molecule has 1 fully saturated rings. The second kappa shape index (κ2) is 5.60. The number of hydrogen-bond acceptors (Lipinski definition) is 4. The Morgan fingerprint density at radius 2 is 2.05 bits per heavy atom. The van der Waals surface area contributed by atoms with Crippen LogP contribution < -0.4 is 10.6 Å². The first-order valence-corrected chi connectivity index (χ1v) is 8.43. The molecule has 0 atom stereocenters. The van der Waals surface area contributed by atoms with Crippen molar-refractivity contribution in [2.24, 2.45) is 5.92 Å². The van der Waals surface area contributed by atoms with Gasteiger partial charge in [0.05, 0.1) is 21.6 Å². The lowest BCUT2D eigenvalue weighted by Gasteiger charge is -2.36. The summed E-state index contributed by atoms with van der Waals surface area (Å²) in [5.74, 6) is 0.929. The molecule has 3 nitrogen and oxygen atoms in total. The number of nitrogen functional groups attached to an aromatic ring is 1. The predicted octanol–water partition coefficient (Wildman–Crippen LogP) is 4.28. The number of rotatable bonds is 3. The average molecular weight is 289 g/mol. The van der Waals surface area contributed by atoms with E-state index in [1.807, 2.05) is 5.51 Å². The highest BCUT2D eigenvalue weighted by Gasteiger charge is 2.24. The molecule has 2 aromatic rings. The fourth-order valence-corrected chi connectivity index (χ4v) is 4.08. The molecule has 0 saturated heterocycles. The second-order valence-corrected chi connectivity index (χ2v) is 6.78. The Morgan fingerprint density at radius 1 is 1.30 bits per heavy atom. The van der Waals surface area contributed by atoms with Crippen LogP contribution in [0, 0.1) is 5.92 Å². The van der Waals surface area contributed by atoms with Gasteiger partial charge < -0.3 is 10.6 Å².